The number of carbonyl (C=O) groups is 1. The number of ether oxygens (including phenoxy) is 1. The van der Waals surface area contributed by atoms with Gasteiger partial charge in [0.1, 0.15) is 11.5 Å². The molecule has 4 nitrogen and oxygen atoms in total. The Morgan fingerprint density at radius 3 is 2.60 bits per heavy atom. The number of methoxy groups -OCH3 is 1. The first-order chi connectivity index (χ1) is 14.6. The predicted octanol–water partition coefficient (Wildman–Crippen LogP) is 6.09. The van der Waals surface area contributed by atoms with Crippen LogP contribution in [0.2, 0.25) is 5.02 Å². The fourth-order valence-corrected chi connectivity index (χ4v) is 3.67. The summed E-state index contributed by atoms with van der Waals surface area (Å²) in [5, 5.41) is 6.22. The molecule has 6 heteroatoms. The van der Waals surface area contributed by atoms with Crippen LogP contribution in [0, 0.1) is 5.82 Å². The van der Waals surface area contributed by atoms with Gasteiger partial charge in [-0.3, -0.25) is 4.79 Å². The van der Waals surface area contributed by atoms with Crippen LogP contribution in [0.15, 0.2) is 66.7 Å². The third-order valence-corrected chi connectivity index (χ3v) is 5.29. The maximum absolute atomic E-state index is 13.5. The van der Waals surface area contributed by atoms with E-state index >= 15 is 0 Å². The zero-order valence-corrected chi connectivity index (χ0v) is 17.2. The molecule has 0 N–H and O–H groups in total. The minimum atomic E-state index is -0.324. The zero-order valence-electron chi connectivity index (χ0n) is 16.4. The van der Waals surface area contributed by atoms with Gasteiger partial charge in [0.25, 0.3) is 0 Å². The molecule has 4 rings (SSSR count). The van der Waals surface area contributed by atoms with E-state index in [0.717, 1.165) is 16.5 Å². The van der Waals surface area contributed by atoms with Crippen LogP contribution in [0.5, 0.6) is 0 Å². The van der Waals surface area contributed by atoms with Crippen molar-refractivity contribution >= 4 is 28.3 Å². The van der Waals surface area contributed by atoms with Crippen molar-refractivity contribution in [2.45, 2.75) is 12.8 Å². The number of carbonyl (C=O) groups excluding carboxylic acids is 1. The number of Topliss-reactive ketones (excluding diaryl/α,β-unsaturated/α-hetero) is 1. The summed E-state index contributed by atoms with van der Waals surface area (Å²) < 4.78 is 20.2. The van der Waals surface area contributed by atoms with Gasteiger partial charge in [-0.15, -0.1) is 0 Å². The van der Waals surface area contributed by atoms with E-state index in [9.17, 15) is 9.18 Å². The fourth-order valence-electron chi connectivity index (χ4n) is 3.44. The van der Waals surface area contributed by atoms with Crippen molar-refractivity contribution in [2.24, 2.45) is 0 Å². The van der Waals surface area contributed by atoms with Crippen molar-refractivity contribution in [2.75, 3.05) is 13.7 Å². The smallest absolute Gasteiger partial charge is 0.163 e. The lowest BCUT2D eigenvalue weighted by Crippen LogP contribution is -2.02. The number of fused-ring (bicyclic) bond motifs is 1. The van der Waals surface area contributed by atoms with Crippen molar-refractivity contribution < 1.29 is 13.9 Å². The van der Waals surface area contributed by atoms with Gasteiger partial charge in [-0.25, -0.2) is 9.07 Å². The summed E-state index contributed by atoms with van der Waals surface area (Å²) in [6.07, 6.45) is 1.07. The molecule has 0 aliphatic heterocycles. The van der Waals surface area contributed by atoms with Gasteiger partial charge in [-0.05, 0) is 48.9 Å². The van der Waals surface area contributed by atoms with Crippen molar-refractivity contribution in [3.05, 3.63) is 83.1 Å². The van der Waals surface area contributed by atoms with Crippen LogP contribution in [0.3, 0.4) is 0 Å². The van der Waals surface area contributed by atoms with Crippen LogP contribution >= 0.6 is 11.6 Å². The van der Waals surface area contributed by atoms with Crippen LogP contribution in [0.1, 0.15) is 23.2 Å². The van der Waals surface area contributed by atoms with Gasteiger partial charge in [0.2, 0.25) is 0 Å². The molecule has 4 aromatic rings. The molecule has 0 aliphatic rings. The Kier molecular flexibility index (Phi) is 5.93. The second-order valence-electron chi connectivity index (χ2n) is 6.97. The van der Waals surface area contributed by atoms with E-state index in [2.05, 4.69) is 0 Å². The van der Waals surface area contributed by atoms with Crippen molar-refractivity contribution in [3.63, 3.8) is 0 Å². The number of hydrogen-bond acceptors (Lipinski definition) is 3. The zero-order chi connectivity index (χ0) is 21.1. The van der Waals surface area contributed by atoms with E-state index in [1.165, 1.54) is 12.1 Å². The largest absolute Gasteiger partial charge is 0.385 e. The highest BCUT2D eigenvalue weighted by Gasteiger charge is 2.17. The molecule has 30 heavy (non-hydrogen) atoms. The number of rotatable bonds is 7. The monoisotopic (exact) mass is 422 g/mol. The van der Waals surface area contributed by atoms with Gasteiger partial charge in [0, 0.05) is 36.7 Å². The van der Waals surface area contributed by atoms with Gasteiger partial charge < -0.3 is 4.74 Å². The normalized spacial score (nSPS) is 11.2. The Labute approximate surface area is 178 Å². The summed E-state index contributed by atoms with van der Waals surface area (Å²) in [5.74, 6) is -0.282. The molecule has 0 spiro atoms. The van der Waals surface area contributed by atoms with Crippen molar-refractivity contribution in [1.82, 2.24) is 9.78 Å². The number of halogens is 2. The van der Waals surface area contributed by atoms with E-state index in [0.29, 0.717) is 41.4 Å². The van der Waals surface area contributed by atoms with Crippen LogP contribution in [-0.4, -0.2) is 29.3 Å². The Bertz CT molecular complexity index is 1200. The van der Waals surface area contributed by atoms with Gasteiger partial charge in [0.05, 0.1) is 16.2 Å². The summed E-state index contributed by atoms with van der Waals surface area (Å²) in [5.41, 5.74) is 3.56. The van der Waals surface area contributed by atoms with E-state index in [1.807, 2.05) is 42.5 Å². The molecule has 0 aliphatic carbocycles. The lowest BCUT2D eigenvalue weighted by Gasteiger charge is -2.05. The maximum Gasteiger partial charge on any atom is 0.163 e. The predicted molar refractivity (Wildman–Crippen MR) is 117 cm³/mol. The third-order valence-electron chi connectivity index (χ3n) is 4.96. The Morgan fingerprint density at radius 1 is 1.10 bits per heavy atom. The summed E-state index contributed by atoms with van der Waals surface area (Å²) in [4.78, 5) is 12.6. The Morgan fingerprint density at radius 2 is 1.87 bits per heavy atom. The molecular formula is C24H20ClFN2O2. The first kappa shape index (κ1) is 20.3. The van der Waals surface area contributed by atoms with Crippen LogP contribution in [-0.2, 0) is 4.74 Å². The topological polar surface area (TPSA) is 44.1 Å². The second kappa shape index (κ2) is 8.78. The Balaban J connectivity index is 1.87. The molecule has 0 amide bonds. The molecule has 0 unspecified atom stereocenters. The first-order valence-electron chi connectivity index (χ1n) is 9.64. The molecule has 1 heterocycles. The number of benzene rings is 3. The summed E-state index contributed by atoms with van der Waals surface area (Å²) >= 11 is 6.42. The van der Waals surface area contributed by atoms with Crippen LogP contribution in [0.4, 0.5) is 4.39 Å². The molecule has 0 saturated heterocycles. The quantitative estimate of drug-likeness (QED) is 0.267. The van der Waals surface area contributed by atoms with Crippen molar-refractivity contribution in [1.29, 1.82) is 0 Å². The van der Waals surface area contributed by atoms with Gasteiger partial charge >= 0.3 is 0 Å². The molecular weight excluding hydrogens is 403 g/mol. The van der Waals surface area contributed by atoms with Gasteiger partial charge in [-0.2, -0.15) is 5.10 Å². The van der Waals surface area contributed by atoms with Crippen molar-refractivity contribution in [3.8, 4) is 16.9 Å². The maximum atomic E-state index is 13.5. The average molecular weight is 423 g/mol. The molecule has 1 aromatic heterocycles. The van der Waals surface area contributed by atoms with E-state index in [4.69, 9.17) is 21.4 Å². The van der Waals surface area contributed by atoms with Gasteiger partial charge in [0.15, 0.2) is 5.78 Å². The average Bonchev–Trinajstić information content (AvgIpc) is 3.13. The van der Waals surface area contributed by atoms with Crippen LogP contribution < -0.4 is 0 Å². The molecule has 0 bridgehead atoms. The summed E-state index contributed by atoms with van der Waals surface area (Å²) in [6.45, 7) is 0.540. The lowest BCUT2D eigenvalue weighted by atomic mass is 10.0. The fraction of sp³-hybridized carbons (Fsp3) is 0.167. The number of ketones is 1. The first-order valence-corrected chi connectivity index (χ1v) is 10.0. The number of aromatic nitrogens is 2. The molecule has 0 fully saturated rings. The highest BCUT2D eigenvalue weighted by Crippen LogP contribution is 2.34. The van der Waals surface area contributed by atoms with E-state index in [1.54, 1.807) is 23.9 Å². The minimum Gasteiger partial charge on any atom is -0.385 e. The highest BCUT2D eigenvalue weighted by atomic mass is 35.5. The lowest BCUT2D eigenvalue weighted by molar-refractivity contribution is 0.0963. The molecule has 3 aromatic carbocycles. The summed E-state index contributed by atoms with van der Waals surface area (Å²) in [7, 11) is 1.62. The van der Waals surface area contributed by atoms with E-state index in [-0.39, 0.29) is 11.6 Å². The van der Waals surface area contributed by atoms with E-state index < -0.39 is 0 Å². The molecule has 0 atom stereocenters. The molecule has 152 valence electrons. The van der Waals surface area contributed by atoms with Crippen LogP contribution in [0.25, 0.3) is 27.8 Å². The minimum absolute atomic E-state index is 0.0418. The standard InChI is InChI=1S/C24H20ClFN2O2/c1-30-14-4-7-23(29)16-8-13-20-22(15-16)28(18-11-9-17(26)10-12-18)27-24(20)19-5-2-3-6-21(19)25/h2-3,5-6,8-13,15H,4,7,14H2,1H3. The molecule has 0 radical (unpaired) electrons. The second-order valence-corrected chi connectivity index (χ2v) is 7.38. The Hall–Kier alpha value is -3.02. The number of nitrogens with zero attached hydrogens (tertiary/aromatic N) is 2. The summed E-state index contributed by atoms with van der Waals surface area (Å²) in [6, 6.07) is 19.1. The SMILES string of the molecule is COCCCC(=O)c1ccc2c(-c3ccccc3Cl)nn(-c3ccc(F)cc3)c2c1. The third kappa shape index (κ3) is 3.99. The molecule has 0 saturated carbocycles. The number of hydrogen-bond donors (Lipinski definition) is 0. The van der Waals surface area contributed by atoms with Gasteiger partial charge in [-0.1, -0.05) is 35.9 Å². The highest BCUT2D eigenvalue weighted by molar-refractivity contribution is 6.33.